The van der Waals surface area contributed by atoms with Crippen molar-refractivity contribution in [1.82, 2.24) is 0 Å². The Bertz CT molecular complexity index is 900. The molecular formula is C23H37F3O3S. The molecule has 7 heteroatoms. The van der Waals surface area contributed by atoms with Crippen LogP contribution >= 0.6 is 0 Å². The van der Waals surface area contributed by atoms with Gasteiger partial charge >= 0.3 is 15.6 Å². The summed E-state index contributed by atoms with van der Waals surface area (Å²) in [5.74, 6) is -0.248. The molecule has 0 amide bonds. The van der Waals surface area contributed by atoms with E-state index in [9.17, 15) is 21.6 Å². The second-order valence-corrected chi connectivity index (χ2v) is 13.6. The smallest absolute Gasteiger partial charge is 0.376 e. The molecule has 1 aromatic carbocycles. The van der Waals surface area contributed by atoms with E-state index in [1.165, 1.54) is 6.07 Å². The lowest BCUT2D eigenvalue weighted by Gasteiger charge is -2.41. The maximum absolute atomic E-state index is 13.2. The van der Waals surface area contributed by atoms with E-state index in [1.54, 1.807) is 0 Å². The minimum Gasteiger partial charge on any atom is -0.376 e. The third-order valence-electron chi connectivity index (χ3n) is 4.83. The summed E-state index contributed by atoms with van der Waals surface area (Å²) in [4.78, 5) is 0. The largest absolute Gasteiger partial charge is 0.534 e. The van der Waals surface area contributed by atoms with Crippen LogP contribution in [0.3, 0.4) is 0 Å². The summed E-state index contributed by atoms with van der Waals surface area (Å²) in [6, 6.07) is 1.50. The van der Waals surface area contributed by atoms with Crippen LogP contribution in [0.4, 0.5) is 13.2 Å². The lowest BCUT2D eigenvalue weighted by Crippen LogP contribution is -2.34. The fourth-order valence-electron chi connectivity index (χ4n) is 3.75. The Morgan fingerprint density at radius 3 is 1.27 bits per heavy atom. The number of hydrogen-bond donors (Lipinski definition) is 0. The third-order valence-corrected chi connectivity index (χ3v) is 5.80. The van der Waals surface area contributed by atoms with Gasteiger partial charge in [0, 0.05) is 5.56 Å². The first-order chi connectivity index (χ1) is 12.8. The fourth-order valence-corrected chi connectivity index (χ4v) is 4.22. The van der Waals surface area contributed by atoms with Crippen LogP contribution in [0.2, 0.25) is 0 Å². The highest BCUT2D eigenvalue weighted by Crippen LogP contribution is 2.49. The second kappa shape index (κ2) is 7.42. The van der Waals surface area contributed by atoms with E-state index in [-0.39, 0.29) is 11.2 Å². The van der Waals surface area contributed by atoms with E-state index in [4.69, 9.17) is 4.18 Å². The molecule has 0 aliphatic heterocycles. The Labute approximate surface area is 180 Å². The standard InChI is InChI=1S/C23H37F3O3S/c1-19(2,3)14-13-15(29-30(27,28)23(24,25)26)17(21(7,8)9)18(22(10,11)12)16(14)20(4,5)6/h13H,1-12H3. The molecule has 0 atom stereocenters. The van der Waals surface area contributed by atoms with Gasteiger partial charge in [-0.3, -0.25) is 0 Å². The van der Waals surface area contributed by atoms with E-state index < -0.39 is 31.9 Å². The lowest BCUT2D eigenvalue weighted by atomic mass is 9.64. The van der Waals surface area contributed by atoms with Gasteiger partial charge in [-0.05, 0) is 44.4 Å². The van der Waals surface area contributed by atoms with Crippen molar-refractivity contribution in [1.29, 1.82) is 0 Å². The van der Waals surface area contributed by atoms with E-state index in [0.29, 0.717) is 5.56 Å². The average molecular weight is 451 g/mol. The Morgan fingerprint density at radius 2 is 1.00 bits per heavy atom. The highest BCUT2D eigenvalue weighted by Gasteiger charge is 2.50. The molecule has 0 aromatic heterocycles. The first kappa shape index (κ1) is 26.8. The Balaban J connectivity index is 4.35. The van der Waals surface area contributed by atoms with Gasteiger partial charge in [0.05, 0.1) is 0 Å². The van der Waals surface area contributed by atoms with E-state index in [0.717, 1.165) is 16.7 Å². The number of rotatable bonds is 2. The SMILES string of the molecule is CC(C)(C)c1cc(OS(=O)(=O)C(F)(F)F)c(C(C)(C)C)c(C(C)(C)C)c1C(C)(C)C. The van der Waals surface area contributed by atoms with Gasteiger partial charge < -0.3 is 4.18 Å². The minimum atomic E-state index is -5.81. The van der Waals surface area contributed by atoms with Gasteiger partial charge in [-0.2, -0.15) is 21.6 Å². The van der Waals surface area contributed by atoms with E-state index >= 15 is 0 Å². The molecule has 0 bridgehead atoms. The molecule has 1 rings (SSSR count). The van der Waals surface area contributed by atoms with E-state index in [1.807, 2.05) is 62.3 Å². The maximum Gasteiger partial charge on any atom is 0.534 e. The zero-order valence-electron chi connectivity index (χ0n) is 20.3. The van der Waals surface area contributed by atoms with Crippen molar-refractivity contribution >= 4 is 10.1 Å². The summed E-state index contributed by atoms with van der Waals surface area (Å²) in [6.07, 6.45) is 0. The molecule has 3 nitrogen and oxygen atoms in total. The monoisotopic (exact) mass is 450 g/mol. The van der Waals surface area contributed by atoms with Crippen LogP contribution in [0.15, 0.2) is 6.07 Å². The van der Waals surface area contributed by atoms with Gasteiger partial charge in [0.25, 0.3) is 0 Å². The highest BCUT2D eigenvalue weighted by molar-refractivity contribution is 7.88. The van der Waals surface area contributed by atoms with Crippen LogP contribution < -0.4 is 4.18 Å². The van der Waals surface area contributed by atoms with Crippen molar-refractivity contribution in [2.45, 2.75) is 110 Å². The van der Waals surface area contributed by atoms with Crippen LogP contribution in [-0.2, 0) is 31.8 Å². The molecular weight excluding hydrogens is 413 g/mol. The summed E-state index contributed by atoms with van der Waals surface area (Å²) in [7, 11) is -5.81. The van der Waals surface area contributed by atoms with Crippen molar-refractivity contribution in [2.24, 2.45) is 0 Å². The molecule has 0 N–H and O–H groups in total. The summed E-state index contributed by atoms with van der Waals surface area (Å²) in [6.45, 7) is 23.6. The van der Waals surface area contributed by atoms with Crippen LogP contribution in [0.5, 0.6) is 5.75 Å². The van der Waals surface area contributed by atoms with Crippen molar-refractivity contribution < 1.29 is 25.8 Å². The van der Waals surface area contributed by atoms with Crippen LogP contribution in [0.1, 0.15) is 105 Å². The van der Waals surface area contributed by atoms with Gasteiger partial charge in [-0.25, -0.2) is 0 Å². The molecule has 30 heavy (non-hydrogen) atoms. The summed E-state index contributed by atoms with van der Waals surface area (Å²) < 4.78 is 68.2. The Kier molecular flexibility index (Phi) is 6.63. The van der Waals surface area contributed by atoms with Crippen LogP contribution in [-0.4, -0.2) is 13.9 Å². The summed E-state index contributed by atoms with van der Waals surface area (Å²) >= 11 is 0. The number of benzene rings is 1. The van der Waals surface area contributed by atoms with Gasteiger partial charge in [-0.1, -0.05) is 83.1 Å². The van der Waals surface area contributed by atoms with Gasteiger partial charge in [0.1, 0.15) is 5.75 Å². The van der Waals surface area contributed by atoms with Crippen molar-refractivity contribution in [2.75, 3.05) is 0 Å². The lowest BCUT2D eigenvalue weighted by molar-refractivity contribution is -0.0500. The molecule has 0 unspecified atom stereocenters. The molecule has 0 heterocycles. The maximum atomic E-state index is 13.2. The molecule has 174 valence electrons. The highest BCUT2D eigenvalue weighted by atomic mass is 32.2. The summed E-state index contributed by atoms with van der Waals surface area (Å²) in [5.41, 5.74) is -4.28. The molecule has 0 aliphatic rings. The molecule has 1 aromatic rings. The zero-order valence-corrected chi connectivity index (χ0v) is 21.2. The van der Waals surface area contributed by atoms with Gasteiger partial charge in [0.15, 0.2) is 0 Å². The van der Waals surface area contributed by atoms with Gasteiger partial charge in [-0.15, -0.1) is 0 Å². The molecule has 0 radical (unpaired) electrons. The number of halogens is 3. The predicted molar refractivity (Wildman–Crippen MR) is 117 cm³/mol. The molecule has 0 saturated carbocycles. The molecule has 0 spiro atoms. The summed E-state index contributed by atoms with van der Waals surface area (Å²) in [5, 5.41) is 0. The Hall–Kier alpha value is -1.24. The van der Waals surface area contributed by atoms with Crippen LogP contribution in [0.25, 0.3) is 0 Å². The fraction of sp³-hybridized carbons (Fsp3) is 0.739. The normalized spacial score (nSPS) is 14.8. The van der Waals surface area contributed by atoms with Crippen molar-refractivity contribution in [3.05, 3.63) is 28.3 Å². The second-order valence-electron chi connectivity index (χ2n) is 12.0. The molecule has 0 saturated heterocycles. The van der Waals surface area contributed by atoms with Crippen molar-refractivity contribution in [3.63, 3.8) is 0 Å². The first-order valence-corrected chi connectivity index (χ1v) is 11.5. The Morgan fingerprint density at radius 1 is 0.633 bits per heavy atom. The third kappa shape index (κ3) is 5.51. The average Bonchev–Trinajstić information content (AvgIpc) is 2.39. The first-order valence-electron chi connectivity index (χ1n) is 10.1. The molecule has 0 aliphatic carbocycles. The van der Waals surface area contributed by atoms with E-state index in [2.05, 4.69) is 20.8 Å². The predicted octanol–water partition coefficient (Wildman–Crippen LogP) is 7.11. The molecule has 0 fully saturated rings. The minimum absolute atomic E-state index is 0.248. The van der Waals surface area contributed by atoms with Crippen LogP contribution in [0, 0.1) is 0 Å². The number of hydrogen-bond acceptors (Lipinski definition) is 3. The van der Waals surface area contributed by atoms with Gasteiger partial charge in [0.2, 0.25) is 0 Å². The number of alkyl halides is 3. The van der Waals surface area contributed by atoms with Crippen molar-refractivity contribution in [3.8, 4) is 5.75 Å². The zero-order chi connectivity index (χ0) is 24.3. The topological polar surface area (TPSA) is 43.4 Å². The quantitative estimate of drug-likeness (QED) is 0.356.